The second-order valence-corrected chi connectivity index (χ2v) is 3.89. The van der Waals surface area contributed by atoms with E-state index in [1.807, 2.05) is 37.3 Å². The minimum Gasteiger partial charge on any atom is -0.493 e. The summed E-state index contributed by atoms with van der Waals surface area (Å²) < 4.78 is 5.46. The van der Waals surface area contributed by atoms with E-state index in [1.165, 1.54) is 0 Å². The molecule has 0 fully saturated rings. The fraction of sp³-hybridized carbons (Fsp3) is 0.200. The van der Waals surface area contributed by atoms with Gasteiger partial charge in [0.1, 0.15) is 5.75 Å². The van der Waals surface area contributed by atoms with Crippen LogP contribution in [0, 0.1) is 0 Å². The summed E-state index contributed by atoms with van der Waals surface area (Å²) in [7, 11) is 0. The maximum atomic E-state index is 12.2. The number of nitrogens with zero attached hydrogens (tertiary/aromatic N) is 1. The van der Waals surface area contributed by atoms with Crippen LogP contribution in [0.4, 0.5) is 0 Å². The number of hydrogen-bond donors (Lipinski definition) is 0. The fourth-order valence-corrected chi connectivity index (χ4v) is 1.76. The minimum absolute atomic E-state index is 0.0482. The molecule has 0 saturated heterocycles. The Morgan fingerprint density at radius 3 is 2.78 bits per heavy atom. The minimum atomic E-state index is 0.0482. The Bertz CT molecular complexity index is 523. The molecule has 92 valence electrons. The first kappa shape index (κ1) is 12.3. The zero-order chi connectivity index (χ0) is 12.8. The van der Waals surface area contributed by atoms with E-state index in [9.17, 15) is 4.79 Å². The highest BCUT2D eigenvalue weighted by molar-refractivity contribution is 5.99. The van der Waals surface area contributed by atoms with E-state index in [4.69, 9.17) is 4.74 Å². The molecule has 1 heterocycles. The molecule has 0 spiro atoms. The summed E-state index contributed by atoms with van der Waals surface area (Å²) in [5.41, 5.74) is 1.54. The van der Waals surface area contributed by atoms with Crippen molar-refractivity contribution in [2.45, 2.75) is 13.3 Å². The number of pyridine rings is 1. The van der Waals surface area contributed by atoms with Crippen LogP contribution < -0.4 is 4.74 Å². The van der Waals surface area contributed by atoms with Crippen molar-refractivity contribution < 1.29 is 9.53 Å². The summed E-state index contributed by atoms with van der Waals surface area (Å²) in [6, 6.07) is 11.1. The van der Waals surface area contributed by atoms with E-state index in [1.54, 1.807) is 18.5 Å². The van der Waals surface area contributed by atoms with Crippen LogP contribution in [0.2, 0.25) is 0 Å². The van der Waals surface area contributed by atoms with Crippen molar-refractivity contribution >= 4 is 5.78 Å². The van der Waals surface area contributed by atoms with Gasteiger partial charge in [-0.1, -0.05) is 18.2 Å². The molecule has 2 aromatic rings. The van der Waals surface area contributed by atoms with Crippen LogP contribution in [0.15, 0.2) is 48.8 Å². The van der Waals surface area contributed by atoms with E-state index in [0.29, 0.717) is 24.3 Å². The third kappa shape index (κ3) is 2.94. The van der Waals surface area contributed by atoms with Crippen LogP contribution in [0.3, 0.4) is 0 Å². The molecule has 0 N–H and O–H groups in total. The van der Waals surface area contributed by atoms with Gasteiger partial charge in [-0.25, -0.2) is 0 Å². The van der Waals surface area contributed by atoms with Gasteiger partial charge in [0.2, 0.25) is 0 Å². The van der Waals surface area contributed by atoms with Crippen molar-refractivity contribution in [1.29, 1.82) is 0 Å². The molecule has 2 rings (SSSR count). The summed E-state index contributed by atoms with van der Waals surface area (Å²) >= 11 is 0. The first-order valence-electron chi connectivity index (χ1n) is 5.95. The SMILES string of the molecule is CCOc1ccccc1C(=O)Cc1cccnc1. The summed E-state index contributed by atoms with van der Waals surface area (Å²) in [5, 5.41) is 0. The van der Waals surface area contributed by atoms with Crippen molar-refractivity contribution in [1.82, 2.24) is 4.98 Å². The third-order valence-electron chi connectivity index (χ3n) is 2.57. The Morgan fingerprint density at radius 1 is 1.22 bits per heavy atom. The normalized spacial score (nSPS) is 10.1. The van der Waals surface area contributed by atoms with Crippen LogP contribution in [-0.4, -0.2) is 17.4 Å². The largest absolute Gasteiger partial charge is 0.493 e. The lowest BCUT2D eigenvalue weighted by atomic mass is 10.0. The molecule has 1 aromatic heterocycles. The Labute approximate surface area is 106 Å². The van der Waals surface area contributed by atoms with Gasteiger partial charge >= 0.3 is 0 Å². The van der Waals surface area contributed by atoms with Crippen molar-refractivity contribution in [2.24, 2.45) is 0 Å². The molecule has 0 aliphatic carbocycles. The number of rotatable bonds is 5. The number of hydrogen-bond acceptors (Lipinski definition) is 3. The Balaban J connectivity index is 2.19. The summed E-state index contributed by atoms with van der Waals surface area (Å²) in [4.78, 5) is 16.2. The molecule has 0 radical (unpaired) electrons. The van der Waals surface area contributed by atoms with E-state index >= 15 is 0 Å². The Hall–Kier alpha value is -2.16. The maximum Gasteiger partial charge on any atom is 0.171 e. The average molecular weight is 241 g/mol. The summed E-state index contributed by atoms with van der Waals surface area (Å²) in [6.07, 6.45) is 3.75. The number of carbonyl (C=O) groups is 1. The lowest BCUT2D eigenvalue weighted by Gasteiger charge is -2.08. The van der Waals surface area contributed by atoms with Gasteiger partial charge < -0.3 is 4.74 Å². The molecule has 3 heteroatoms. The molecular weight excluding hydrogens is 226 g/mol. The molecule has 1 aromatic carbocycles. The number of ether oxygens (including phenoxy) is 1. The van der Waals surface area contributed by atoms with Gasteiger partial charge in [0.05, 0.1) is 12.2 Å². The van der Waals surface area contributed by atoms with Crippen LogP contribution in [0.25, 0.3) is 0 Å². The zero-order valence-electron chi connectivity index (χ0n) is 10.3. The first-order chi connectivity index (χ1) is 8.81. The van der Waals surface area contributed by atoms with E-state index in [2.05, 4.69) is 4.98 Å². The maximum absolute atomic E-state index is 12.2. The van der Waals surface area contributed by atoms with Gasteiger partial charge in [-0.05, 0) is 30.7 Å². The van der Waals surface area contributed by atoms with Gasteiger partial charge in [0.15, 0.2) is 5.78 Å². The molecule has 0 bridgehead atoms. The summed E-state index contributed by atoms with van der Waals surface area (Å²) in [6.45, 7) is 2.46. The average Bonchev–Trinajstić information content (AvgIpc) is 2.41. The number of Topliss-reactive ketones (excluding diaryl/α,β-unsaturated/α-hetero) is 1. The Kier molecular flexibility index (Phi) is 4.07. The van der Waals surface area contributed by atoms with E-state index in [-0.39, 0.29) is 5.78 Å². The quantitative estimate of drug-likeness (QED) is 0.755. The molecule has 0 unspecified atom stereocenters. The third-order valence-corrected chi connectivity index (χ3v) is 2.57. The van der Waals surface area contributed by atoms with Crippen LogP contribution in [-0.2, 0) is 6.42 Å². The summed E-state index contributed by atoms with van der Waals surface area (Å²) in [5.74, 6) is 0.695. The van der Waals surface area contributed by atoms with Crippen molar-refractivity contribution in [3.8, 4) is 5.75 Å². The van der Waals surface area contributed by atoms with Gasteiger partial charge in [0.25, 0.3) is 0 Å². The van der Waals surface area contributed by atoms with Crippen LogP contribution in [0.5, 0.6) is 5.75 Å². The topological polar surface area (TPSA) is 39.2 Å². The molecule has 0 aliphatic rings. The second kappa shape index (κ2) is 5.96. The molecule has 18 heavy (non-hydrogen) atoms. The molecule has 0 amide bonds. The number of benzene rings is 1. The van der Waals surface area contributed by atoms with Crippen molar-refractivity contribution in [3.05, 3.63) is 59.9 Å². The number of carbonyl (C=O) groups excluding carboxylic acids is 1. The standard InChI is InChI=1S/C15H15NO2/c1-2-18-15-8-4-3-7-13(15)14(17)10-12-6-5-9-16-11-12/h3-9,11H,2,10H2,1H3. The van der Waals surface area contributed by atoms with Crippen LogP contribution >= 0.6 is 0 Å². The van der Waals surface area contributed by atoms with Gasteiger partial charge in [-0.2, -0.15) is 0 Å². The number of ketones is 1. The number of aromatic nitrogens is 1. The smallest absolute Gasteiger partial charge is 0.171 e. The Morgan fingerprint density at radius 2 is 2.06 bits per heavy atom. The molecular formula is C15H15NO2. The highest BCUT2D eigenvalue weighted by atomic mass is 16.5. The second-order valence-electron chi connectivity index (χ2n) is 3.89. The van der Waals surface area contributed by atoms with Gasteiger partial charge in [-0.15, -0.1) is 0 Å². The van der Waals surface area contributed by atoms with Crippen molar-refractivity contribution in [2.75, 3.05) is 6.61 Å². The van der Waals surface area contributed by atoms with Gasteiger partial charge in [0, 0.05) is 18.8 Å². The lowest BCUT2D eigenvalue weighted by molar-refractivity contribution is 0.0989. The molecule has 0 atom stereocenters. The highest BCUT2D eigenvalue weighted by Gasteiger charge is 2.12. The molecule has 0 saturated carbocycles. The molecule has 3 nitrogen and oxygen atoms in total. The first-order valence-corrected chi connectivity index (χ1v) is 5.95. The van der Waals surface area contributed by atoms with E-state index in [0.717, 1.165) is 5.56 Å². The molecule has 0 aliphatic heterocycles. The lowest BCUT2D eigenvalue weighted by Crippen LogP contribution is -2.07. The zero-order valence-corrected chi connectivity index (χ0v) is 10.3. The predicted molar refractivity (Wildman–Crippen MR) is 69.9 cm³/mol. The van der Waals surface area contributed by atoms with Gasteiger partial charge in [-0.3, -0.25) is 9.78 Å². The van der Waals surface area contributed by atoms with E-state index < -0.39 is 0 Å². The fourth-order valence-electron chi connectivity index (χ4n) is 1.76. The number of para-hydroxylation sites is 1. The predicted octanol–water partition coefficient (Wildman–Crippen LogP) is 2.91. The van der Waals surface area contributed by atoms with Crippen LogP contribution in [0.1, 0.15) is 22.8 Å². The van der Waals surface area contributed by atoms with Crippen molar-refractivity contribution in [3.63, 3.8) is 0 Å². The monoisotopic (exact) mass is 241 g/mol. The highest BCUT2D eigenvalue weighted by Crippen LogP contribution is 2.19.